The molecule has 1 amide bonds. The summed E-state index contributed by atoms with van der Waals surface area (Å²) in [5, 5.41) is 21.5. The van der Waals surface area contributed by atoms with Crippen molar-refractivity contribution in [2.45, 2.75) is 13.0 Å². The van der Waals surface area contributed by atoms with Gasteiger partial charge in [0.15, 0.2) is 5.69 Å². The van der Waals surface area contributed by atoms with E-state index in [0.717, 1.165) is 23.5 Å². The summed E-state index contributed by atoms with van der Waals surface area (Å²) in [6.45, 7) is 1.17. The minimum atomic E-state index is -0.489. The van der Waals surface area contributed by atoms with Gasteiger partial charge in [-0.25, -0.2) is 10.1 Å². The van der Waals surface area contributed by atoms with Crippen LogP contribution in [0.5, 0.6) is 0 Å². The minimum Gasteiger partial charge on any atom is -0.378 e. The van der Waals surface area contributed by atoms with E-state index in [-0.39, 0.29) is 17.3 Å². The van der Waals surface area contributed by atoms with E-state index < -0.39 is 5.91 Å². The van der Waals surface area contributed by atoms with Crippen molar-refractivity contribution in [3.05, 3.63) is 63.6 Å². The Hall–Kier alpha value is -4.06. The Balaban J connectivity index is 1.46. The average molecular weight is 435 g/mol. The Bertz CT molecular complexity index is 1250. The molecule has 5 rings (SSSR count). The number of rotatable bonds is 6. The lowest BCUT2D eigenvalue weighted by Gasteiger charge is -2.19. The zero-order valence-corrected chi connectivity index (χ0v) is 17.0. The van der Waals surface area contributed by atoms with Crippen molar-refractivity contribution in [3.8, 4) is 5.82 Å². The van der Waals surface area contributed by atoms with E-state index in [0.29, 0.717) is 12.2 Å². The molecule has 1 aliphatic rings. The number of nitrogen functional groups attached to an aromatic ring is 1. The second-order valence-corrected chi connectivity index (χ2v) is 7.76. The molecule has 0 bridgehead atoms. The van der Waals surface area contributed by atoms with Crippen LogP contribution in [-0.2, 0) is 13.0 Å². The molecule has 156 valence electrons. The highest BCUT2D eigenvalue weighted by atomic mass is 32.1. The number of para-hydroxylation sites is 1. The fourth-order valence-electron chi connectivity index (χ4n) is 3.45. The topological polar surface area (TPSA) is 140 Å². The number of hydrazone groups is 1. The van der Waals surface area contributed by atoms with Crippen molar-refractivity contribution in [2.24, 2.45) is 5.10 Å². The molecule has 3 aromatic heterocycles. The molecule has 0 atom stereocenters. The van der Waals surface area contributed by atoms with Crippen LogP contribution in [0.1, 0.15) is 26.6 Å². The van der Waals surface area contributed by atoms with Crippen LogP contribution in [0, 0.1) is 0 Å². The Morgan fingerprint density at radius 1 is 1.29 bits per heavy atom. The lowest BCUT2D eigenvalue weighted by atomic mass is 10.2. The van der Waals surface area contributed by atoms with Crippen LogP contribution in [0.3, 0.4) is 0 Å². The van der Waals surface area contributed by atoms with Crippen LogP contribution in [0.2, 0.25) is 0 Å². The van der Waals surface area contributed by atoms with Crippen LogP contribution >= 0.6 is 11.3 Å². The average Bonchev–Trinajstić information content (AvgIpc) is 3.56. The molecule has 1 aromatic carbocycles. The molecular formula is C19H17N9O2S. The number of nitrogens with one attached hydrogen (secondary N) is 1. The monoisotopic (exact) mass is 435 g/mol. The number of anilines is 2. The molecule has 0 unspecified atom stereocenters. The molecule has 12 heteroatoms. The summed E-state index contributed by atoms with van der Waals surface area (Å²) in [5.41, 5.74) is 11.3. The summed E-state index contributed by atoms with van der Waals surface area (Å²) in [5.74, 6) is -0.261. The molecule has 0 aliphatic carbocycles. The highest BCUT2D eigenvalue weighted by Gasteiger charge is 2.27. The van der Waals surface area contributed by atoms with Gasteiger partial charge in [-0.1, -0.05) is 29.5 Å². The van der Waals surface area contributed by atoms with Gasteiger partial charge in [-0.05, 0) is 39.8 Å². The maximum absolute atomic E-state index is 12.8. The molecule has 3 N–H and O–H groups in total. The van der Waals surface area contributed by atoms with Crippen molar-refractivity contribution < 1.29 is 9.42 Å². The summed E-state index contributed by atoms with van der Waals surface area (Å²) in [7, 11) is 0. The number of aromatic nitrogens is 5. The number of carbonyl (C=O) groups excluding carboxylic acids is 1. The maximum atomic E-state index is 12.8. The van der Waals surface area contributed by atoms with Gasteiger partial charge in [0.25, 0.3) is 5.91 Å². The Kier molecular flexibility index (Phi) is 4.88. The maximum Gasteiger partial charge on any atom is 0.293 e. The number of nitrogens with zero attached hydrogens (tertiary/aromatic N) is 7. The smallest absolute Gasteiger partial charge is 0.293 e. The van der Waals surface area contributed by atoms with Crippen molar-refractivity contribution in [3.63, 3.8) is 0 Å². The molecular weight excluding hydrogens is 418 g/mol. The molecule has 4 heterocycles. The summed E-state index contributed by atoms with van der Waals surface area (Å²) in [6, 6.07) is 11.9. The molecule has 0 saturated carbocycles. The molecule has 31 heavy (non-hydrogen) atoms. The normalized spacial score (nSPS) is 13.1. The van der Waals surface area contributed by atoms with Gasteiger partial charge in [0, 0.05) is 17.1 Å². The second kappa shape index (κ2) is 7.99. The van der Waals surface area contributed by atoms with E-state index in [1.54, 1.807) is 6.21 Å². The molecule has 1 aliphatic heterocycles. The largest absolute Gasteiger partial charge is 0.378 e. The van der Waals surface area contributed by atoms with Gasteiger partial charge in [0.1, 0.15) is 0 Å². The summed E-state index contributed by atoms with van der Waals surface area (Å²) >= 11 is 1.51. The fraction of sp³-hybridized carbons (Fsp3) is 0.158. The molecule has 4 aromatic rings. The number of carbonyl (C=O) groups is 1. The van der Waals surface area contributed by atoms with Crippen molar-refractivity contribution in [2.75, 3.05) is 17.2 Å². The number of nitrogens with two attached hydrogens (primary N) is 1. The third-order valence-electron chi connectivity index (χ3n) is 4.90. The minimum absolute atomic E-state index is 0.0515. The van der Waals surface area contributed by atoms with Gasteiger partial charge < -0.3 is 10.6 Å². The predicted molar refractivity (Wildman–Crippen MR) is 114 cm³/mol. The quantitative estimate of drug-likeness (QED) is 0.344. The lowest BCUT2D eigenvalue weighted by Crippen LogP contribution is -2.26. The molecule has 0 saturated heterocycles. The highest BCUT2D eigenvalue weighted by Crippen LogP contribution is 2.30. The number of amides is 1. The molecule has 0 spiro atoms. The second-order valence-electron chi connectivity index (χ2n) is 6.78. The Labute approximate surface area is 180 Å². The van der Waals surface area contributed by atoms with E-state index in [4.69, 9.17) is 10.4 Å². The third-order valence-corrected chi connectivity index (χ3v) is 5.71. The van der Waals surface area contributed by atoms with E-state index in [2.05, 4.69) is 42.1 Å². The number of thiophene rings is 1. The van der Waals surface area contributed by atoms with Crippen LogP contribution in [0.15, 0.2) is 51.5 Å². The van der Waals surface area contributed by atoms with Gasteiger partial charge in [0.2, 0.25) is 11.6 Å². The predicted octanol–water partition coefficient (Wildman–Crippen LogP) is 1.62. The first-order chi connectivity index (χ1) is 15.2. The number of benzene rings is 1. The van der Waals surface area contributed by atoms with Crippen molar-refractivity contribution >= 4 is 35.0 Å². The van der Waals surface area contributed by atoms with E-state index >= 15 is 0 Å². The Morgan fingerprint density at radius 2 is 2.19 bits per heavy atom. The third kappa shape index (κ3) is 3.64. The summed E-state index contributed by atoms with van der Waals surface area (Å²) in [4.78, 5) is 15.9. The zero-order chi connectivity index (χ0) is 21.2. The molecule has 11 nitrogen and oxygen atoms in total. The number of hydrogen-bond acceptors (Lipinski definition) is 10. The summed E-state index contributed by atoms with van der Waals surface area (Å²) in [6.07, 6.45) is 2.49. The first kappa shape index (κ1) is 18.9. The lowest BCUT2D eigenvalue weighted by molar-refractivity contribution is 0.0949. The first-order valence-electron chi connectivity index (χ1n) is 9.43. The van der Waals surface area contributed by atoms with Gasteiger partial charge >= 0.3 is 0 Å². The number of hydrogen-bond donors (Lipinski definition) is 2. The fourth-order valence-corrected chi connectivity index (χ4v) is 4.04. The zero-order valence-electron chi connectivity index (χ0n) is 16.2. The number of fused-ring (bicyclic) bond motifs is 1. The molecule has 0 fully saturated rings. The van der Waals surface area contributed by atoms with Crippen LogP contribution in [0.25, 0.3) is 5.82 Å². The Morgan fingerprint density at radius 3 is 3.00 bits per heavy atom. The van der Waals surface area contributed by atoms with Crippen LogP contribution in [-0.4, -0.2) is 44.0 Å². The van der Waals surface area contributed by atoms with Gasteiger partial charge in [-0.15, -0.1) is 16.4 Å². The standard InChI is InChI=1S/C19H17N9O2S/c20-17-18(25-30-24-17)28-15(11-27-8-7-12-4-1-2-6-14(12)27)16(22-26-28)19(29)23-21-10-13-5-3-9-31-13/h1-6,9-10H,7-8,11H2,(H2,20,24)(H,23,29)/b21-10-. The highest BCUT2D eigenvalue weighted by molar-refractivity contribution is 7.11. The van der Waals surface area contributed by atoms with Gasteiger partial charge in [-0.2, -0.15) is 9.78 Å². The van der Waals surface area contributed by atoms with Crippen molar-refractivity contribution in [1.29, 1.82) is 0 Å². The van der Waals surface area contributed by atoms with Gasteiger partial charge in [-0.3, -0.25) is 4.79 Å². The van der Waals surface area contributed by atoms with Crippen molar-refractivity contribution in [1.82, 2.24) is 30.7 Å². The van der Waals surface area contributed by atoms with E-state index in [1.165, 1.54) is 21.6 Å². The van der Waals surface area contributed by atoms with Crippen LogP contribution < -0.4 is 16.1 Å². The molecule has 0 radical (unpaired) electrons. The van der Waals surface area contributed by atoms with Crippen LogP contribution in [0.4, 0.5) is 11.5 Å². The SMILES string of the molecule is Nc1nonc1-n1nnc(C(=O)N/N=C\c2cccs2)c1CN1CCc2ccccc21. The summed E-state index contributed by atoms with van der Waals surface area (Å²) < 4.78 is 6.09. The van der Waals surface area contributed by atoms with Gasteiger partial charge in [0.05, 0.1) is 18.5 Å². The first-order valence-corrected chi connectivity index (χ1v) is 10.3. The van der Waals surface area contributed by atoms with E-state index in [1.807, 2.05) is 35.7 Å². The van der Waals surface area contributed by atoms with E-state index in [9.17, 15) is 4.79 Å².